The van der Waals surface area contributed by atoms with E-state index >= 15 is 0 Å². The smallest absolute Gasteiger partial charge is 1.00 e. The van der Waals surface area contributed by atoms with E-state index in [-0.39, 0.29) is 53.2 Å². The number of rotatable bonds is 7. The molecule has 0 saturated heterocycles. The first-order valence-electron chi connectivity index (χ1n) is 9.19. The SMILES string of the molecule is CC(C(=O)O)c1cccc(C(NNC(=O)c2ccccc2O)c2ccccc2)c1.[Cl-].[Cl-].[Cu+2]. The minimum Gasteiger partial charge on any atom is -1.00 e. The van der Waals surface area contributed by atoms with Crippen molar-refractivity contribution in [3.05, 3.63) is 101 Å². The van der Waals surface area contributed by atoms with Gasteiger partial charge in [0.1, 0.15) is 5.75 Å². The number of benzene rings is 3. The van der Waals surface area contributed by atoms with Gasteiger partial charge in [-0.25, -0.2) is 5.43 Å². The Labute approximate surface area is 209 Å². The maximum atomic E-state index is 12.5. The Morgan fingerprint density at radius 2 is 1.38 bits per heavy atom. The van der Waals surface area contributed by atoms with E-state index in [0.29, 0.717) is 5.56 Å². The summed E-state index contributed by atoms with van der Waals surface area (Å²) in [6.45, 7) is 1.63. The van der Waals surface area contributed by atoms with Gasteiger partial charge in [-0.2, -0.15) is 0 Å². The number of carboxylic acid groups (broad SMARTS) is 1. The Hall–Kier alpha value is -2.54. The van der Waals surface area contributed by atoms with Crippen molar-refractivity contribution in [2.45, 2.75) is 18.9 Å². The molecule has 0 aromatic heterocycles. The van der Waals surface area contributed by atoms with Gasteiger partial charge in [0.15, 0.2) is 0 Å². The van der Waals surface area contributed by atoms with Gasteiger partial charge in [0.2, 0.25) is 0 Å². The van der Waals surface area contributed by atoms with Gasteiger partial charge in [-0.15, -0.1) is 0 Å². The molecule has 0 bridgehead atoms. The third kappa shape index (κ3) is 7.26. The van der Waals surface area contributed by atoms with Crippen molar-refractivity contribution < 1.29 is 61.7 Å². The second-order valence-corrected chi connectivity index (χ2v) is 6.69. The minimum absolute atomic E-state index is 0. The number of hydrogen-bond acceptors (Lipinski definition) is 4. The molecule has 3 rings (SSSR count). The molecular formula is C23H22Cl2CuN2O4. The van der Waals surface area contributed by atoms with Crippen molar-refractivity contribution in [2.24, 2.45) is 0 Å². The molecule has 6 nitrogen and oxygen atoms in total. The molecule has 0 aliphatic rings. The molecule has 0 spiro atoms. The largest absolute Gasteiger partial charge is 2.00 e. The van der Waals surface area contributed by atoms with Crippen LogP contribution in [0.1, 0.15) is 45.9 Å². The van der Waals surface area contributed by atoms with Crippen molar-refractivity contribution in [3.8, 4) is 5.75 Å². The normalized spacial score (nSPS) is 11.5. The minimum atomic E-state index is -0.903. The Kier molecular flexibility index (Phi) is 12.7. The van der Waals surface area contributed by atoms with Gasteiger partial charge >= 0.3 is 23.0 Å². The fourth-order valence-corrected chi connectivity index (χ4v) is 3.03. The monoisotopic (exact) mass is 523 g/mol. The molecule has 0 heterocycles. The molecule has 2 atom stereocenters. The third-order valence-electron chi connectivity index (χ3n) is 4.73. The summed E-state index contributed by atoms with van der Waals surface area (Å²) in [5, 5.41) is 19.2. The first-order chi connectivity index (χ1) is 14.0. The average Bonchev–Trinajstić information content (AvgIpc) is 2.74. The van der Waals surface area contributed by atoms with E-state index in [2.05, 4.69) is 10.9 Å². The quantitative estimate of drug-likeness (QED) is 0.204. The Morgan fingerprint density at radius 3 is 2.00 bits per heavy atom. The maximum absolute atomic E-state index is 12.5. The third-order valence-corrected chi connectivity index (χ3v) is 4.73. The maximum Gasteiger partial charge on any atom is 2.00 e. The second kappa shape index (κ2) is 13.8. The summed E-state index contributed by atoms with van der Waals surface area (Å²) in [7, 11) is 0. The second-order valence-electron chi connectivity index (χ2n) is 6.69. The summed E-state index contributed by atoms with van der Waals surface area (Å²) in [4.78, 5) is 23.8. The van der Waals surface area contributed by atoms with Crippen LogP contribution in [0.25, 0.3) is 0 Å². The van der Waals surface area contributed by atoms with E-state index in [0.717, 1.165) is 11.1 Å². The number of aliphatic carboxylic acids is 1. The zero-order valence-electron chi connectivity index (χ0n) is 16.9. The molecule has 32 heavy (non-hydrogen) atoms. The summed E-state index contributed by atoms with van der Waals surface area (Å²) >= 11 is 0. The number of amides is 1. The van der Waals surface area contributed by atoms with Gasteiger partial charge in [-0.3, -0.25) is 15.0 Å². The van der Waals surface area contributed by atoms with Crippen molar-refractivity contribution in [2.75, 3.05) is 0 Å². The number of hydrazine groups is 1. The van der Waals surface area contributed by atoms with Crippen molar-refractivity contribution >= 4 is 11.9 Å². The number of phenols is 1. The topological polar surface area (TPSA) is 98.7 Å². The number of carbonyl (C=O) groups is 2. The first-order valence-corrected chi connectivity index (χ1v) is 9.19. The van der Waals surface area contributed by atoms with E-state index in [1.165, 1.54) is 12.1 Å². The Morgan fingerprint density at radius 1 is 0.812 bits per heavy atom. The van der Waals surface area contributed by atoms with E-state index in [1.54, 1.807) is 31.2 Å². The summed E-state index contributed by atoms with van der Waals surface area (Å²) in [5.74, 6) is -2.14. The van der Waals surface area contributed by atoms with E-state index in [1.807, 2.05) is 42.5 Å². The predicted octanol–water partition coefficient (Wildman–Crippen LogP) is -2.39. The van der Waals surface area contributed by atoms with Crippen molar-refractivity contribution in [1.82, 2.24) is 10.9 Å². The van der Waals surface area contributed by atoms with Crippen LogP contribution in [0.2, 0.25) is 0 Å². The van der Waals surface area contributed by atoms with Crippen molar-refractivity contribution in [1.29, 1.82) is 0 Å². The van der Waals surface area contributed by atoms with Gasteiger partial charge in [-0.1, -0.05) is 66.7 Å². The van der Waals surface area contributed by atoms with Crippen LogP contribution < -0.4 is 35.7 Å². The zero-order valence-corrected chi connectivity index (χ0v) is 19.4. The zero-order chi connectivity index (χ0) is 20.8. The van der Waals surface area contributed by atoms with Gasteiger partial charge in [0, 0.05) is 0 Å². The molecule has 2 unspecified atom stereocenters. The van der Waals surface area contributed by atoms with E-state index < -0.39 is 23.8 Å². The van der Waals surface area contributed by atoms with Gasteiger partial charge < -0.3 is 35.0 Å². The molecule has 0 aliphatic carbocycles. The van der Waals surface area contributed by atoms with Crippen LogP contribution in [0.15, 0.2) is 78.9 Å². The molecule has 0 saturated carbocycles. The van der Waals surface area contributed by atoms with Crippen LogP contribution >= 0.6 is 0 Å². The number of carboxylic acids is 1. The fourth-order valence-electron chi connectivity index (χ4n) is 3.03. The number of nitrogens with one attached hydrogen (secondary N) is 2. The number of hydrogen-bond donors (Lipinski definition) is 4. The van der Waals surface area contributed by atoms with Gasteiger partial charge in [0.05, 0.1) is 17.5 Å². The van der Waals surface area contributed by atoms with Crippen LogP contribution in [-0.2, 0) is 21.9 Å². The fraction of sp³-hybridized carbons (Fsp3) is 0.130. The number of halogens is 2. The van der Waals surface area contributed by atoms with Gasteiger partial charge in [-0.05, 0) is 35.7 Å². The molecule has 4 N–H and O–H groups in total. The molecule has 3 aromatic carbocycles. The Balaban J connectivity index is 0.00000320. The summed E-state index contributed by atoms with van der Waals surface area (Å²) in [6.07, 6.45) is 0. The standard InChI is InChI=1S/C23H22N2O4.2ClH.Cu/c1-15(23(28)29)17-10-7-11-18(14-17)21(16-8-3-2-4-9-16)24-25-22(27)19-12-5-6-13-20(19)26;;;/h2-15,21,24,26H,1H3,(H,25,27)(H,28,29);2*1H;/q;;;+2/p-2. The van der Waals surface area contributed by atoms with Crippen molar-refractivity contribution in [3.63, 3.8) is 0 Å². The molecule has 0 fully saturated rings. The number of aromatic hydroxyl groups is 1. The van der Waals surface area contributed by atoms with Crippen LogP contribution in [0.5, 0.6) is 5.75 Å². The molecule has 1 radical (unpaired) electrons. The van der Waals surface area contributed by atoms with E-state index in [9.17, 15) is 19.8 Å². The Bertz CT molecular complexity index is 1020. The molecule has 9 heteroatoms. The summed E-state index contributed by atoms with van der Waals surface area (Å²) in [6, 6.07) is 22.6. The molecule has 173 valence electrons. The first kappa shape index (κ1) is 29.5. The molecule has 1 amide bonds. The average molecular weight is 525 g/mol. The summed E-state index contributed by atoms with van der Waals surface area (Å²) in [5.41, 5.74) is 8.18. The molecular weight excluding hydrogens is 503 g/mol. The predicted molar refractivity (Wildman–Crippen MR) is 109 cm³/mol. The number of para-hydroxylation sites is 1. The summed E-state index contributed by atoms with van der Waals surface area (Å²) < 4.78 is 0. The molecule has 0 aliphatic heterocycles. The number of phenolic OH excluding ortho intramolecular Hbond substituents is 1. The van der Waals surface area contributed by atoms with E-state index in [4.69, 9.17) is 0 Å². The van der Waals surface area contributed by atoms with Crippen LogP contribution in [0.3, 0.4) is 0 Å². The van der Waals surface area contributed by atoms with Crippen LogP contribution in [0, 0.1) is 0 Å². The number of carbonyl (C=O) groups excluding carboxylic acids is 1. The van der Waals surface area contributed by atoms with Crippen LogP contribution in [-0.4, -0.2) is 22.1 Å². The van der Waals surface area contributed by atoms with Gasteiger partial charge in [0.25, 0.3) is 5.91 Å². The van der Waals surface area contributed by atoms with Crippen LogP contribution in [0.4, 0.5) is 0 Å². The molecule has 3 aromatic rings.